The topological polar surface area (TPSA) is 61.4 Å². The normalized spacial score (nSPS) is 12.5. The number of carbonyl (C=O) groups excluding carboxylic acids is 1. The second-order valence-corrected chi connectivity index (χ2v) is 3.30. The van der Waals surface area contributed by atoms with Crippen molar-refractivity contribution in [1.29, 1.82) is 0 Å². The number of rotatable bonds is 7. The van der Waals surface area contributed by atoms with E-state index in [0.29, 0.717) is 13.0 Å². The largest absolute Gasteiger partial charge is 0.396 e. The van der Waals surface area contributed by atoms with Crippen LogP contribution in [0.2, 0.25) is 0 Å². The molecule has 0 fully saturated rings. The highest BCUT2D eigenvalue weighted by molar-refractivity contribution is 5.75. The summed E-state index contributed by atoms with van der Waals surface area (Å²) in [6, 6.07) is 0. The highest BCUT2D eigenvalue weighted by atomic mass is 16.3. The van der Waals surface area contributed by atoms with Gasteiger partial charge in [-0.3, -0.25) is 4.79 Å². The average Bonchev–Trinajstić information content (AvgIpc) is 2.14. The van der Waals surface area contributed by atoms with Gasteiger partial charge in [0.1, 0.15) is 0 Å². The zero-order chi connectivity index (χ0) is 10.1. The molecule has 0 heterocycles. The molecule has 1 unspecified atom stereocenters. The Balaban J connectivity index is 3.30. The lowest BCUT2D eigenvalue weighted by Gasteiger charge is -2.09. The number of nitrogens with one attached hydrogen (secondary N) is 2. The lowest BCUT2D eigenvalue weighted by molar-refractivity contribution is -0.121. The van der Waals surface area contributed by atoms with Crippen molar-refractivity contribution in [2.24, 2.45) is 5.92 Å². The van der Waals surface area contributed by atoms with Crippen molar-refractivity contribution in [3.05, 3.63) is 0 Å². The summed E-state index contributed by atoms with van der Waals surface area (Å²) in [5, 5.41) is 14.4. The predicted octanol–water partition coefficient (Wildman–Crippen LogP) is -0.269. The molecular weight excluding hydrogens is 168 g/mol. The van der Waals surface area contributed by atoms with Crippen LogP contribution in [0.1, 0.15) is 19.8 Å². The van der Waals surface area contributed by atoms with E-state index >= 15 is 0 Å². The van der Waals surface area contributed by atoms with Crippen molar-refractivity contribution < 1.29 is 9.90 Å². The molecule has 0 saturated heterocycles. The molecule has 13 heavy (non-hydrogen) atoms. The van der Waals surface area contributed by atoms with Crippen LogP contribution in [0.4, 0.5) is 0 Å². The number of hydrogen-bond acceptors (Lipinski definition) is 3. The molecule has 0 saturated carbocycles. The van der Waals surface area contributed by atoms with E-state index in [1.54, 1.807) is 0 Å². The quantitative estimate of drug-likeness (QED) is 0.482. The van der Waals surface area contributed by atoms with E-state index in [1.807, 2.05) is 14.0 Å². The smallest absolute Gasteiger partial charge is 0.220 e. The van der Waals surface area contributed by atoms with Gasteiger partial charge in [-0.1, -0.05) is 6.92 Å². The van der Waals surface area contributed by atoms with Crippen LogP contribution >= 0.6 is 0 Å². The molecule has 4 heteroatoms. The lowest BCUT2D eigenvalue weighted by Crippen LogP contribution is -2.29. The maximum Gasteiger partial charge on any atom is 0.220 e. The molecule has 0 radical (unpaired) electrons. The SMILES string of the molecule is CNCCCC(=O)NCC(C)CO. The van der Waals surface area contributed by atoms with Gasteiger partial charge in [-0.05, 0) is 25.9 Å². The third-order valence-electron chi connectivity index (χ3n) is 1.79. The maximum atomic E-state index is 11.1. The van der Waals surface area contributed by atoms with Crippen LogP contribution in [0, 0.1) is 5.92 Å². The van der Waals surface area contributed by atoms with Gasteiger partial charge in [0.15, 0.2) is 0 Å². The fourth-order valence-electron chi connectivity index (χ4n) is 0.867. The molecule has 78 valence electrons. The zero-order valence-electron chi connectivity index (χ0n) is 8.47. The Kier molecular flexibility index (Phi) is 7.63. The third kappa shape index (κ3) is 7.74. The van der Waals surface area contributed by atoms with E-state index in [1.165, 1.54) is 0 Å². The van der Waals surface area contributed by atoms with Crippen LogP contribution in [-0.2, 0) is 4.79 Å². The summed E-state index contributed by atoms with van der Waals surface area (Å²) in [5.41, 5.74) is 0. The number of amides is 1. The van der Waals surface area contributed by atoms with E-state index < -0.39 is 0 Å². The first-order chi connectivity index (χ1) is 6.20. The molecule has 0 aliphatic rings. The van der Waals surface area contributed by atoms with Crippen molar-refractivity contribution in [3.63, 3.8) is 0 Å². The molecule has 0 aromatic carbocycles. The van der Waals surface area contributed by atoms with Gasteiger partial charge in [-0.25, -0.2) is 0 Å². The van der Waals surface area contributed by atoms with Gasteiger partial charge < -0.3 is 15.7 Å². The van der Waals surface area contributed by atoms with Gasteiger partial charge in [0.2, 0.25) is 5.91 Å². The number of aliphatic hydroxyl groups is 1. The van der Waals surface area contributed by atoms with Crippen LogP contribution in [0.15, 0.2) is 0 Å². The van der Waals surface area contributed by atoms with Gasteiger partial charge in [-0.2, -0.15) is 0 Å². The second kappa shape index (κ2) is 8.01. The van der Waals surface area contributed by atoms with Crippen molar-refractivity contribution in [2.75, 3.05) is 26.7 Å². The first kappa shape index (κ1) is 12.4. The minimum absolute atomic E-state index is 0.0653. The highest BCUT2D eigenvalue weighted by Crippen LogP contribution is 1.91. The van der Waals surface area contributed by atoms with Gasteiger partial charge in [0.05, 0.1) is 0 Å². The van der Waals surface area contributed by atoms with E-state index in [4.69, 9.17) is 5.11 Å². The predicted molar refractivity (Wildman–Crippen MR) is 52.4 cm³/mol. The molecule has 0 rings (SSSR count). The van der Waals surface area contributed by atoms with Gasteiger partial charge in [0.25, 0.3) is 0 Å². The van der Waals surface area contributed by atoms with E-state index in [9.17, 15) is 4.79 Å². The van der Waals surface area contributed by atoms with Gasteiger partial charge in [0, 0.05) is 19.6 Å². The average molecular weight is 188 g/mol. The van der Waals surface area contributed by atoms with Gasteiger partial charge in [-0.15, -0.1) is 0 Å². The monoisotopic (exact) mass is 188 g/mol. The van der Waals surface area contributed by atoms with Crippen LogP contribution in [-0.4, -0.2) is 37.8 Å². The minimum atomic E-state index is 0.0653. The van der Waals surface area contributed by atoms with Crippen molar-refractivity contribution in [3.8, 4) is 0 Å². The molecule has 1 amide bonds. The Morgan fingerprint density at radius 3 is 2.77 bits per heavy atom. The molecule has 1 atom stereocenters. The summed E-state index contributed by atoms with van der Waals surface area (Å²) in [4.78, 5) is 11.1. The van der Waals surface area contributed by atoms with Crippen molar-refractivity contribution in [1.82, 2.24) is 10.6 Å². The first-order valence-corrected chi connectivity index (χ1v) is 4.72. The lowest BCUT2D eigenvalue weighted by atomic mass is 10.2. The molecule has 0 spiro atoms. The Morgan fingerprint density at radius 1 is 1.54 bits per heavy atom. The fraction of sp³-hybridized carbons (Fsp3) is 0.889. The molecule has 0 aliphatic carbocycles. The van der Waals surface area contributed by atoms with Crippen LogP contribution in [0.3, 0.4) is 0 Å². The Bertz CT molecular complexity index is 140. The molecule has 3 N–H and O–H groups in total. The van der Waals surface area contributed by atoms with Crippen LogP contribution < -0.4 is 10.6 Å². The van der Waals surface area contributed by atoms with Gasteiger partial charge >= 0.3 is 0 Å². The summed E-state index contributed by atoms with van der Waals surface area (Å²) >= 11 is 0. The summed E-state index contributed by atoms with van der Waals surface area (Å²) < 4.78 is 0. The first-order valence-electron chi connectivity index (χ1n) is 4.72. The standard InChI is InChI=1S/C9H20N2O2/c1-8(7-12)6-11-9(13)4-3-5-10-2/h8,10,12H,3-7H2,1-2H3,(H,11,13). The molecule has 0 aromatic heterocycles. The molecular formula is C9H20N2O2. The summed E-state index contributed by atoms with van der Waals surface area (Å²) in [6.45, 7) is 3.45. The van der Waals surface area contributed by atoms with Crippen molar-refractivity contribution >= 4 is 5.91 Å². The molecule has 4 nitrogen and oxygen atoms in total. The van der Waals surface area contributed by atoms with E-state index in [-0.39, 0.29) is 18.4 Å². The van der Waals surface area contributed by atoms with E-state index in [0.717, 1.165) is 13.0 Å². The van der Waals surface area contributed by atoms with Crippen LogP contribution in [0.25, 0.3) is 0 Å². The van der Waals surface area contributed by atoms with Crippen molar-refractivity contribution in [2.45, 2.75) is 19.8 Å². The Labute approximate surface area is 79.7 Å². The fourth-order valence-corrected chi connectivity index (χ4v) is 0.867. The zero-order valence-corrected chi connectivity index (χ0v) is 8.47. The minimum Gasteiger partial charge on any atom is -0.396 e. The Morgan fingerprint density at radius 2 is 2.23 bits per heavy atom. The van der Waals surface area contributed by atoms with E-state index in [2.05, 4.69) is 10.6 Å². The van der Waals surface area contributed by atoms with Crippen LogP contribution in [0.5, 0.6) is 0 Å². The number of aliphatic hydroxyl groups excluding tert-OH is 1. The third-order valence-corrected chi connectivity index (χ3v) is 1.79. The summed E-state index contributed by atoms with van der Waals surface area (Å²) in [7, 11) is 1.87. The maximum absolute atomic E-state index is 11.1. The molecule has 0 bridgehead atoms. The second-order valence-electron chi connectivity index (χ2n) is 3.30. The summed E-state index contributed by atoms with van der Waals surface area (Å²) in [5.74, 6) is 0.212. The molecule has 0 aliphatic heterocycles. The molecule has 0 aromatic rings. The summed E-state index contributed by atoms with van der Waals surface area (Å²) in [6.07, 6.45) is 1.41. The highest BCUT2D eigenvalue weighted by Gasteiger charge is 2.03. The number of carbonyl (C=O) groups is 1. The number of hydrogen-bond donors (Lipinski definition) is 3. The Hall–Kier alpha value is -0.610.